The summed E-state index contributed by atoms with van der Waals surface area (Å²) >= 11 is 0. The van der Waals surface area contributed by atoms with Gasteiger partial charge in [0.05, 0.1) is 0 Å². The van der Waals surface area contributed by atoms with Crippen LogP contribution in [0, 0.1) is 0 Å². The number of para-hydroxylation sites is 1. The Morgan fingerprint density at radius 1 is 1.20 bits per heavy atom. The van der Waals surface area contributed by atoms with Gasteiger partial charge in [0.15, 0.2) is 0 Å². The van der Waals surface area contributed by atoms with Crippen LogP contribution in [0.15, 0.2) is 47.2 Å². The third-order valence-electron chi connectivity index (χ3n) is 3.29. The molecular weight excluding hydrogens is 363 g/mol. The number of guanidine groups is 1. The maximum Gasteiger partial charge on any atom is 0.423 e. The number of hydrogen-bond donors (Lipinski definition) is 2. The molecule has 5 heteroatoms. The van der Waals surface area contributed by atoms with Crippen molar-refractivity contribution in [3.8, 4) is 0 Å². The number of aromatic nitrogens is 1. The summed E-state index contributed by atoms with van der Waals surface area (Å²) < 4.78 is 0. The van der Waals surface area contributed by atoms with Gasteiger partial charge < -0.3 is 29.0 Å². The van der Waals surface area contributed by atoms with E-state index in [2.05, 4.69) is 39.4 Å². The fraction of sp³-hybridized carbons (Fsp3) is 0.200. The van der Waals surface area contributed by atoms with Gasteiger partial charge in [-0.15, -0.1) is 0 Å². The van der Waals surface area contributed by atoms with Crippen LogP contribution in [-0.2, 0) is 6.42 Å². The van der Waals surface area contributed by atoms with Crippen molar-refractivity contribution in [3.05, 3.63) is 47.8 Å². The van der Waals surface area contributed by atoms with Crippen molar-refractivity contribution in [2.75, 3.05) is 0 Å². The maximum atomic E-state index is 5.57. The molecule has 0 unspecified atom stereocenters. The Morgan fingerprint density at radius 2 is 2.05 bits per heavy atom. The summed E-state index contributed by atoms with van der Waals surface area (Å²) in [6.07, 6.45) is 8.74. The molecule has 0 bridgehead atoms. The van der Waals surface area contributed by atoms with Crippen LogP contribution in [0.1, 0.15) is 18.4 Å². The summed E-state index contributed by atoms with van der Waals surface area (Å²) in [6.45, 7) is 0. The van der Waals surface area contributed by atoms with Gasteiger partial charge in [0.1, 0.15) is 11.9 Å². The molecule has 0 fully saturated rings. The molecule has 3 N–H and O–H groups in total. The van der Waals surface area contributed by atoms with E-state index in [-0.39, 0.29) is 24.0 Å². The second-order valence-electron chi connectivity index (χ2n) is 4.62. The van der Waals surface area contributed by atoms with Gasteiger partial charge in [-0.05, 0) is 24.5 Å². The molecule has 20 heavy (non-hydrogen) atoms. The molecular formula is C15H16IN4. The molecule has 2 aromatic rings. The second kappa shape index (κ2) is 6.69. The van der Waals surface area contributed by atoms with Gasteiger partial charge >= 0.3 is 5.96 Å². The average molecular weight is 379 g/mol. The van der Waals surface area contributed by atoms with Crippen LogP contribution >= 0.6 is 0 Å². The molecule has 103 valence electrons. The Balaban J connectivity index is 0.00000147. The topological polar surface area (TPSA) is 68.3 Å². The highest BCUT2D eigenvalue weighted by atomic mass is 127. The van der Waals surface area contributed by atoms with Crippen LogP contribution in [-0.4, -0.2) is 17.2 Å². The Morgan fingerprint density at radius 3 is 2.90 bits per heavy atom. The molecule has 1 aliphatic rings. The smallest absolute Gasteiger partial charge is 0.423 e. The van der Waals surface area contributed by atoms with Gasteiger partial charge in [-0.1, -0.05) is 28.2 Å². The predicted octanol–water partition coefficient (Wildman–Crippen LogP) is -0.887. The largest absolute Gasteiger partial charge is 1.00 e. The van der Waals surface area contributed by atoms with Crippen molar-refractivity contribution in [2.45, 2.75) is 19.3 Å². The van der Waals surface area contributed by atoms with Gasteiger partial charge in [-0.2, -0.15) is 0 Å². The number of benzene rings is 1. The zero-order valence-electron chi connectivity index (χ0n) is 11.0. The second-order valence-corrected chi connectivity index (χ2v) is 4.62. The van der Waals surface area contributed by atoms with Crippen molar-refractivity contribution in [1.82, 2.24) is 9.98 Å². The molecule has 0 saturated carbocycles. The number of aryl methyl sites for hydroxylation is 1. The number of halogens is 1. The van der Waals surface area contributed by atoms with Crippen molar-refractivity contribution in [3.63, 3.8) is 0 Å². The average Bonchev–Trinajstić information content (AvgIpc) is 2.83. The molecule has 4 nitrogen and oxygen atoms in total. The minimum atomic E-state index is 0. The minimum absolute atomic E-state index is 0. The Labute approximate surface area is 134 Å². The Bertz CT molecular complexity index is 682. The number of nitrogens with two attached hydrogens (primary N) is 1. The van der Waals surface area contributed by atoms with Crippen molar-refractivity contribution in [2.24, 2.45) is 10.7 Å². The number of nitrogens with one attached hydrogen (secondary N) is 1. The molecule has 2 heterocycles. The highest BCUT2D eigenvalue weighted by molar-refractivity contribution is 5.90. The number of fused-ring (bicyclic) bond motifs is 1. The fourth-order valence-electron chi connectivity index (χ4n) is 2.35. The number of allylic oxidation sites excluding steroid dienone is 2. The van der Waals surface area contributed by atoms with Crippen LogP contribution < -0.4 is 34.7 Å². The first-order chi connectivity index (χ1) is 9.33. The van der Waals surface area contributed by atoms with Crippen molar-refractivity contribution < 1.29 is 24.0 Å². The number of H-pyrrole nitrogens is 1. The van der Waals surface area contributed by atoms with Crippen LogP contribution in [0.2, 0.25) is 0 Å². The van der Waals surface area contributed by atoms with Crippen LogP contribution in [0.25, 0.3) is 10.9 Å². The summed E-state index contributed by atoms with van der Waals surface area (Å²) in [5.74, 6) is 0.351. The van der Waals surface area contributed by atoms with Crippen molar-refractivity contribution >= 4 is 23.1 Å². The summed E-state index contributed by atoms with van der Waals surface area (Å²) in [7, 11) is 0. The number of rotatable bonds is 4. The van der Waals surface area contributed by atoms with Gasteiger partial charge in [0.2, 0.25) is 0 Å². The lowest BCUT2D eigenvalue weighted by atomic mass is 10.1. The number of nitrogens with zero attached hydrogens (tertiary/aromatic N) is 2. The predicted molar refractivity (Wildman–Crippen MR) is 79.1 cm³/mol. The molecule has 3 rings (SSSR count). The van der Waals surface area contributed by atoms with Crippen molar-refractivity contribution in [1.29, 1.82) is 0 Å². The first-order valence-corrected chi connectivity index (χ1v) is 6.45. The van der Waals surface area contributed by atoms with E-state index in [0.29, 0.717) is 5.96 Å². The molecule has 0 amide bonds. The highest BCUT2D eigenvalue weighted by Crippen LogP contribution is 2.20. The molecule has 1 aromatic heterocycles. The van der Waals surface area contributed by atoms with E-state index in [9.17, 15) is 0 Å². The number of aliphatic imine (C=N–C) groups is 2. The minimum Gasteiger partial charge on any atom is -1.00 e. The first kappa shape index (κ1) is 14.8. The Hall–Kier alpha value is -1.63. The van der Waals surface area contributed by atoms with E-state index in [1.165, 1.54) is 16.5 Å². The van der Waals surface area contributed by atoms with E-state index < -0.39 is 0 Å². The molecule has 1 radical (unpaired) electrons. The zero-order valence-corrected chi connectivity index (χ0v) is 13.2. The molecule has 1 aromatic carbocycles. The fourth-order valence-corrected chi connectivity index (χ4v) is 2.35. The molecule has 0 aliphatic carbocycles. The van der Waals surface area contributed by atoms with Gasteiger partial charge in [0.25, 0.3) is 0 Å². The highest BCUT2D eigenvalue weighted by Gasteiger charge is 2.09. The Kier molecular flexibility index (Phi) is 4.94. The van der Waals surface area contributed by atoms with Gasteiger partial charge in [-0.3, -0.25) is 5.73 Å². The lowest BCUT2D eigenvalue weighted by molar-refractivity contribution is -0.00000415. The summed E-state index contributed by atoms with van der Waals surface area (Å²) in [4.78, 5) is 11.4. The van der Waals surface area contributed by atoms with Crippen LogP contribution in [0.3, 0.4) is 0 Å². The molecule has 0 atom stereocenters. The van der Waals surface area contributed by atoms with E-state index in [1.54, 1.807) is 6.21 Å². The first-order valence-electron chi connectivity index (χ1n) is 6.45. The van der Waals surface area contributed by atoms with E-state index >= 15 is 0 Å². The van der Waals surface area contributed by atoms with Gasteiger partial charge in [0, 0.05) is 29.6 Å². The standard InChI is InChI=1S/C15H16N4.HI/c16-15-17-9-8-12(19-15)5-3-4-11-10-18-14-7-2-1-6-13(11)14;/h1-2,6-10,18H,3-5H2,(H2,16,19);1H/q+1;/p-1. The molecule has 0 spiro atoms. The summed E-state index contributed by atoms with van der Waals surface area (Å²) in [5, 5.41) is 1.31. The lowest BCUT2D eigenvalue weighted by Gasteiger charge is -2.00. The zero-order chi connectivity index (χ0) is 13.1. The summed E-state index contributed by atoms with van der Waals surface area (Å²) in [6, 6.07) is 8.38. The normalized spacial score (nSPS) is 13.8. The lowest BCUT2D eigenvalue weighted by Crippen LogP contribution is -3.00. The maximum absolute atomic E-state index is 5.57. The monoisotopic (exact) mass is 379 g/mol. The SMILES string of the molecule is NC1=NC(CCCc2c[nH]c3ccccc23)=CC=[N+]1.[I-]. The molecule has 0 saturated heterocycles. The number of aromatic amines is 1. The van der Waals surface area contributed by atoms with E-state index in [0.717, 1.165) is 25.0 Å². The third kappa shape index (κ3) is 3.27. The van der Waals surface area contributed by atoms with E-state index in [4.69, 9.17) is 5.73 Å². The van der Waals surface area contributed by atoms with Gasteiger partial charge in [-0.25, -0.2) is 0 Å². The summed E-state index contributed by atoms with van der Waals surface area (Å²) in [5.41, 5.74) is 9.14. The third-order valence-corrected chi connectivity index (χ3v) is 3.29. The van der Waals surface area contributed by atoms with Crippen LogP contribution in [0.5, 0.6) is 0 Å². The quantitative estimate of drug-likeness (QED) is 0.666. The van der Waals surface area contributed by atoms with Crippen LogP contribution in [0.4, 0.5) is 0 Å². The number of hydrogen-bond acceptors (Lipinski definition) is 3. The van der Waals surface area contributed by atoms with E-state index in [1.807, 2.05) is 12.1 Å². The molecule has 1 aliphatic heterocycles.